The van der Waals surface area contributed by atoms with Crippen LogP contribution in [0.4, 0.5) is 10.3 Å². The summed E-state index contributed by atoms with van der Waals surface area (Å²) in [4.78, 5) is 4.27. The lowest BCUT2D eigenvalue weighted by molar-refractivity contribution is 0.397. The zero-order chi connectivity index (χ0) is 14.7. The zero-order valence-electron chi connectivity index (χ0n) is 12.0. The molecule has 0 bridgehead atoms. The van der Waals surface area contributed by atoms with Crippen molar-refractivity contribution >= 4 is 28.6 Å². The molecule has 0 fully saturated rings. The van der Waals surface area contributed by atoms with Gasteiger partial charge in [0.25, 0.3) is 0 Å². The number of unbranched alkanes of at least 4 members (excludes halogenated alkanes) is 1. The number of nitrogens with zero attached hydrogens (tertiary/aromatic N) is 2. The lowest BCUT2D eigenvalue weighted by Gasteiger charge is -2.16. The number of anilines is 1. The topological polar surface area (TPSA) is 43.8 Å². The van der Waals surface area contributed by atoms with E-state index < -0.39 is 5.82 Å². The van der Waals surface area contributed by atoms with Crippen LogP contribution in [-0.4, -0.2) is 9.55 Å². The van der Waals surface area contributed by atoms with Crippen LogP contribution in [0.5, 0.6) is 0 Å². The van der Waals surface area contributed by atoms with Gasteiger partial charge in [-0.05, 0) is 18.4 Å². The van der Waals surface area contributed by atoms with E-state index in [-0.39, 0.29) is 5.02 Å². The van der Waals surface area contributed by atoms with Gasteiger partial charge in [-0.1, -0.05) is 44.7 Å². The molecule has 110 valence electrons. The Balaban J connectivity index is 2.33. The predicted molar refractivity (Wildman–Crippen MR) is 82.4 cm³/mol. The van der Waals surface area contributed by atoms with Crippen LogP contribution in [0.2, 0.25) is 5.02 Å². The van der Waals surface area contributed by atoms with Crippen LogP contribution in [0.3, 0.4) is 0 Å². The summed E-state index contributed by atoms with van der Waals surface area (Å²) in [5, 5.41) is 0.0835. The first-order valence-corrected chi connectivity index (χ1v) is 7.55. The highest BCUT2D eigenvalue weighted by atomic mass is 35.5. The number of nitrogens with two attached hydrogens (primary N) is 1. The molecular weight excluding hydrogens is 277 g/mol. The number of rotatable bonds is 6. The largest absolute Gasteiger partial charge is 0.369 e. The highest BCUT2D eigenvalue weighted by Crippen LogP contribution is 2.26. The van der Waals surface area contributed by atoms with Gasteiger partial charge in [0.15, 0.2) is 0 Å². The van der Waals surface area contributed by atoms with E-state index in [0.717, 1.165) is 24.9 Å². The zero-order valence-corrected chi connectivity index (χ0v) is 12.8. The van der Waals surface area contributed by atoms with Crippen molar-refractivity contribution in [3.63, 3.8) is 0 Å². The Kier molecular flexibility index (Phi) is 4.86. The van der Waals surface area contributed by atoms with Gasteiger partial charge in [-0.15, -0.1) is 0 Å². The molecule has 0 aliphatic rings. The Hall–Kier alpha value is -1.29. The van der Waals surface area contributed by atoms with Crippen molar-refractivity contribution in [2.24, 2.45) is 5.92 Å². The minimum Gasteiger partial charge on any atom is -0.369 e. The molecule has 0 saturated carbocycles. The fourth-order valence-electron chi connectivity index (χ4n) is 2.51. The van der Waals surface area contributed by atoms with Gasteiger partial charge in [-0.3, -0.25) is 0 Å². The van der Waals surface area contributed by atoms with Gasteiger partial charge in [-0.25, -0.2) is 9.37 Å². The molecule has 0 aliphatic carbocycles. The second-order valence-electron chi connectivity index (χ2n) is 5.25. The molecule has 0 amide bonds. The molecule has 1 aromatic carbocycles. The summed E-state index contributed by atoms with van der Waals surface area (Å²) >= 11 is 5.79. The van der Waals surface area contributed by atoms with Crippen molar-refractivity contribution < 1.29 is 4.39 Å². The SMILES string of the molecule is CCCCC(CC)Cn1c(N)nc2cc(Cl)c(F)cc21. The number of halogens is 2. The van der Waals surface area contributed by atoms with E-state index in [1.165, 1.54) is 25.0 Å². The molecule has 2 N–H and O–H groups in total. The lowest BCUT2D eigenvalue weighted by atomic mass is 9.99. The molecule has 0 spiro atoms. The van der Waals surface area contributed by atoms with Gasteiger partial charge in [0.1, 0.15) is 5.82 Å². The summed E-state index contributed by atoms with van der Waals surface area (Å²) in [6.45, 7) is 5.14. The van der Waals surface area contributed by atoms with Crippen LogP contribution in [0.25, 0.3) is 11.0 Å². The summed E-state index contributed by atoms with van der Waals surface area (Å²) in [5.41, 5.74) is 7.35. The van der Waals surface area contributed by atoms with Crippen molar-refractivity contribution in [2.45, 2.75) is 46.1 Å². The minimum absolute atomic E-state index is 0.0835. The molecule has 0 aliphatic heterocycles. The first-order chi connectivity index (χ1) is 9.56. The first-order valence-electron chi connectivity index (χ1n) is 7.17. The Labute approximate surface area is 123 Å². The van der Waals surface area contributed by atoms with Gasteiger partial charge >= 0.3 is 0 Å². The number of hydrogen-bond acceptors (Lipinski definition) is 2. The maximum Gasteiger partial charge on any atom is 0.201 e. The molecule has 2 aromatic rings. The van der Waals surface area contributed by atoms with Crippen molar-refractivity contribution in [3.05, 3.63) is 23.0 Å². The maximum absolute atomic E-state index is 13.6. The van der Waals surface area contributed by atoms with Crippen LogP contribution in [-0.2, 0) is 6.54 Å². The maximum atomic E-state index is 13.6. The summed E-state index contributed by atoms with van der Waals surface area (Å²) in [6.07, 6.45) is 4.61. The molecule has 2 rings (SSSR count). The Morgan fingerprint density at radius 3 is 2.80 bits per heavy atom. The second-order valence-corrected chi connectivity index (χ2v) is 5.66. The quantitative estimate of drug-likeness (QED) is 0.845. The molecule has 5 heteroatoms. The van der Waals surface area contributed by atoms with Crippen LogP contribution in [0.1, 0.15) is 39.5 Å². The van der Waals surface area contributed by atoms with E-state index in [4.69, 9.17) is 17.3 Å². The number of imidazole rings is 1. The molecule has 1 unspecified atom stereocenters. The Morgan fingerprint density at radius 2 is 2.15 bits per heavy atom. The molecule has 1 aromatic heterocycles. The molecule has 3 nitrogen and oxygen atoms in total. The van der Waals surface area contributed by atoms with Gasteiger partial charge in [0, 0.05) is 12.6 Å². The monoisotopic (exact) mass is 297 g/mol. The van der Waals surface area contributed by atoms with Crippen molar-refractivity contribution in [1.29, 1.82) is 0 Å². The van der Waals surface area contributed by atoms with E-state index in [1.807, 2.05) is 4.57 Å². The minimum atomic E-state index is -0.429. The number of fused-ring (bicyclic) bond motifs is 1. The van der Waals surface area contributed by atoms with E-state index in [1.54, 1.807) is 0 Å². The van der Waals surface area contributed by atoms with Crippen LogP contribution >= 0.6 is 11.6 Å². The Morgan fingerprint density at radius 1 is 1.40 bits per heavy atom. The standard InChI is InChI=1S/C15H21ClFN3/c1-3-5-6-10(4-2)9-20-14-8-12(17)11(16)7-13(14)19-15(20)18/h7-8,10H,3-6,9H2,1-2H3,(H2,18,19). The normalized spacial score (nSPS) is 13.0. The Bertz CT molecular complexity index is 594. The van der Waals surface area contributed by atoms with E-state index in [9.17, 15) is 4.39 Å². The van der Waals surface area contributed by atoms with Gasteiger partial charge < -0.3 is 10.3 Å². The van der Waals surface area contributed by atoms with Crippen LogP contribution in [0.15, 0.2) is 12.1 Å². The summed E-state index contributed by atoms with van der Waals surface area (Å²) < 4.78 is 15.5. The fourth-order valence-corrected chi connectivity index (χ4v) is 2.66. The smallest absolute Gasteiger partial charge is 0.201 e. The second kappa shape index (κ2) is 6.44. The average Bonchev–Trinajstić information content (AvgIpc) is 2.71. The third kappa shape index (κ3) is 3.06. The molecule has 0 saturated heterocycles. The third-order valence-electron chi connectivity index (χ3n) is 3.80. The van der Waals surface area contributed by atoms with Crippen LogP contribution in [0, 0.1) is 11.7 Å². The summed E-state index contributed by atoms with van der Waals surface area (Å²) in [6, 6.07) is 2.96. The number of hydrogen-bond donors (Lipinski definition) is 1. The van der Waals surface area contributed by atoms with Crippen molar-refractivity contribution in [3.8, 4) is 0 Å². The number of benzene rings is 1. The highest BCUT2D eigenvalue weighted by molar-refractivity contribution is 6.31. The van der Waals surface area contributed by atoms with E-state index in [0.29, 0.717) is 17.4 Å². The van der Waals surface area contributed by atoms with Gasteiger partial charge in [0.2, 0.25) is 5.95 Å². The summed E-state index contributed by atoms with van der Waals surface area (Å²) in [5.74, 6) is 0.534. The van der Waals surface area contributed by atoms with Crippen molar-refractivity contribution in [2.75, 3.05) is 5.73 Å². The van der Waals surface area contributed by atoms with E-state index in [2.05, 4.69) is 18.8 Å². The van der Waals surface area contributed by atoms with Crippen LogP contribution < -0.4 is 5.73 Å². The first kappa shape index (κ1) is 15.1. The fraction of sp³-hybridized carbons (Fsp3) is 0.533. The molecule has 20 heavy (non-hydrogen) atoms. The number of nitrogen functional groups attached to an aromatic ring is 1. The third-order valence-corrected chi connectivity index (χ3v) is 4.09. The van der Waals surface area contributed by atoms with Gasteiger partial charge in [-0.2, -0.15) is 0 Å². The highest BCUT2D eigenvalue weighted by Gasteiger charge is 2.15. The van der Waals surface area contributed by atoms with E-state index >= 15 is 0 Å². The molecule has 1 heterocycles. The molecule has 1 atom stereocenters. The van der Waals surface area contributed by atoms with Gasteiger partial charge in [0.05, 0.1) is 16.1 Å². The molecular formula is C15H21ClFN3. The molecule has 0 radical (unpaired) electrons. The van der Waals surface area contributed by atoms with Crippen molar-refractivity contribution in [1.82, 2.24) is 9.55 Å². The number of aromatic nitrogens is 2. The summed E-state index contributed by atoms with van der Waals surface area (Å²) in [7, 11) is 0. The predicted octanol–water partition coefficient (Wildman–Crippen LogP) is 4.63. The average molecular weight is 298 g/mol. The lowest BCUT2D eigenvalue weighted by Crippen LogP contribution is -2.12.